The fraction of sp³-hybridized carbons (Fsp3) is 0.238. The maximum atomic E-state index is 13.4. The van der Waals surface area contributed by atoms with Crippen LogP contribution in [0.1, 0.15) is 27.7 Å². The second-order valence-corrected chi connectivity index (χ2v) is 7.41. The van der Waals surface area contributed by atoms with Crippen molar-refractivity contribution < 1.29 is 22.7 Å². The molecule has 5 rings (SSSR count). The molecule has 0 radical (unpaired) electrons. The number of carbonyl (C=O) groups is 1. The number of halogens is 3. The standard InChI is InChI=1S/C21H17F3N6O2/c22-21(23,24)13-3-1-12(2-4-13)18-10-32-6-5-29(18)20(31)14-7-16-15(8-27-14)28-19(25)17-9-26-11-30(16)17/h1-4,7-9,11,18H,5-6,10H2,(H2,25,28)/t18-/m1/s1. The van der Waals surface area contributed by atoms with E-state index in [2.05, 4.69) is 15.0 Å². The van der Waals surface area contributed by atoms with Crippen LogP contribution in [0.15, 0.2) is 49.1 Å². The van der Waals surface area contributed by atoms with E-state index in [1.54, 1.807) is 27.9 Å². The lowest BCUT2D eigenvalue weighted by molar-refractivity contribution is -0.137. The number of amides is 1. The number of hydrogen-bond donors (Lipinski definition) is 1. The van der Waals surface area contributed by atoms with Crippen molar-refractivity contribution in [1.82, 2.24) is 24.3 Å². The summed E-state index contributed by atoms with van der Waals surface area (Å²) < 4.78 is 46.0. The topological polar surface area (TPSA) is 98.6 Å². The minimum absolute atomic E-state index is 0.175. The van der Waals surface area contributed by atoms with Gasteiger partial charge in [-0.05, 0) is 23.8 Å². The molecule has 4 aromatic rings. The van der Waals surface area contributed by atoms with Crippen molar-refractivity contribution in [2.45, 2.75) is 12.2 Å². The largest absolute Gasteiger partial charge is 0.416 e. The molecular weight excluding hydrogens is 425 g/mol. The molecule has 1 aliphatic heterocycles. The molecule has 1 saturated heterocycles. The van der Waals surface area contributed by atoms with Gasteiger partial charge in [-0.1, -0.05) is 12.1 Å². The van der Waals surface area contributed by atoms with Gasteiger partial charge < -0.3 is 15.4 Å². The van der Waals surface area contributed by atoms with Gasteiger partial charge in [0.1, 0.15) is 22.5 Å². The molecule has 0 aliphatic carbocycles. The summed E-state index contributed by atoms with van der Waals surface area (Å²) in [6.07, 6.45) is 0.185. The first-order valence-electron chi connectivity index (χ1n) is 9.76. The van der Waals surface area contributed by atoms with Gasteiger partial charge in [0.25, 0.3) is 5.91 Å². The number of alkyl halides is 3. The van der Waals surface area contributed by atoms with Gasteiger partial charge in [0.15, 0.2) is 0 Å². The normalized spacial score (nSPS) is 17.2. The number of nitrogen functional groups attached to an aromatic ring is 1. The van der Waals surface area contributed by atoms with E-state index in [4.69, 9.17) is 10.5 Å². The summed E-state index contributed by atoms with van der Waals surface area (Å²) in [6, 6.07) is 5.84. The van der Waals surface area contributed by atoms with Crippen LogP contribution in [0.25, 0.3) is 16.6 Å². The first-order chi connectivity index (χ1) is 15.3. The minimum atomic E-state index is -4.43. The highest BCUT2D eigenvalue weighted by Gasteiger charge is 2.33. The van der Waals surface area contributed by atoms with Gasteiger partial charge in [-0.15, -0.1) is 0 Å². The lowest BCUT2D eigenvalue weighted by Gasteiger charge is -2.35. The molecule has 0 spiro atoms. The Bertz CT molecular complexity index is 1320. The zero-order chi connectivity index (χ0) is 22.5. The Morgan fingerprint density at radius 2 is 1.94 bits per heavy atom. The van der Waals surface area contributed by atoms with Crippen molar-refractivity contribution >= 4 is 28.3 Å². The monoisotopic (exact) mass is 442 g/mol. The Hall–Kier alpha value is -3.73. The van der Waals surface area contributed by atoms with Crippen molar-refractivity contribution in [2.75, 3.05) is 25.5 Å². The van der Waals surface area contributed by atoms with Crippen LogP contribution in [0.4, 0.5) is 19.0 Å². The average molecular weight is 442 g/mol. The lowest BCUT2D eigenvalue weighted by atomic mass is 10.0. The van der Waals surface area contributed by atoms with E-state index in [1.807, 2.05) is 0 Å². The third-order valence-electron chi connectivity index (χ3n) is 5.49. The molecular formula is C21H17F3N6O2. The molecule has 1 aliphatic rings. The number of pyridine rings is 1. The maximum absolute atomic E-state index is 13.4. The van der Waals surface area contributed by atoms with E-state index < -0.39 is 17.8 Å². The summed E-state index contributed by atoms with van der Waals surface area (Å²) in [6.45, 7) is 0.777. The molecule has 164 valence electrons. The SMILES string of the molecule is Nc1nc2cnc(C(=O)N3CCOC[C@@H]3c3ccc(C(F)(F)F)cc3)cc2n2cncc12. The molecule has 0 saturated carbocycles. The van der Waals surface area contributed by atoms with E-state index in [9.17, 15) is 18.0 Å². The Kier molecular flexibility index (Phi) is 4.70. The number of carbonyl (C=O) groups excluding carboxylic acids is 1. The van der Waals surface area contributed by atoms with Crippen molar-refractivity contribution in [1.29, 1.82) is 0 Å². The molecule has 3 aromatic heterocycles. The van der Waals surface area contributed by atoms with Crippen LogP contribution in [0, 0.1) is 0 Å². The average Bonchev–Trinajstić information content (AvgIpc) is 3.29. The quantitative estimate of drug-likeness (QED) is 0.512. The molecule has 1 amide bonds. The summed E-state index contributed by atoms with van der Waals surface area (Å²) in [4.78, 5) is 27.6. The number of morpholine rings is 1. The van der Waals surface area contributed by atoms with E-state index in [0.717, 1.165) is 12.1 Å². The van der Waals surface area contributed by atoms with Crippen LogP contribution in [0.5, 0.6) is 0 Å². The first-order valence-corrected chi connectivity index (χ1v) is 9.76. The second-order valence-electron chi connectivity index (χ2n) is 7.41. The summed E-state index contributed by atoms with van der Waals surface area (Å²) in [5.74, 6) is -0.0587. The smallest absolute Gasteiger partial charge is 0.382 e. The summed E-state index contributed by atoms with van der Waals surface area (Å²) in [5.41, 5.74) is 7.66. The molecule has 4 heterocycles. The highest BCUT2D eigenvalue weighted by atomic mass is 19.4. The fourth-order valence-corrected chi connectivity index (χ4v) is 3.86. The molecule has 1 aromatic carbocycles. The van der Waals surface area contributed by atoms with Crippen LogP contribution >= 0.6 is 0 Å². The third-order valence-corrected chi connectivity index (χ3v) is 5.49. The molecule has 8 nitrogen and oxygen atoms in total. The number of nitrogens with two attached hydrogens (primary N) is 1. The number of aromatic nitrogens is 4. The number of ether oxygens (including phenoxy) is 1. The molecule has 2 N–H and O–H groups in total. The van der Waals surface area contributed by atoms with Gasteiger partial charge in [0.05, 0.1) is 49.1 Å². The van der Waals surface area contributed by atoms with Crippen molar-refractivity contribution in [3.8, 4) is 0 Å². The lowest BCUT2D eigenvalue weighted by Crippen LogP contribution is -2.43. The Balaban J connectivity index is 1.50. The van der Waals surface area contributed by atoms with Gasteiger partial charge >= 0.3 is 6.18 Å². The van der Waals surface area contributed by atoms with Crippen molar-refractivity contribution in [2.24, 2.45) is 0 Å². The zero-order valence-electron chi connectivity index (χ0n) is 16.6. The number of imidazole rings is 1. The molecule has 0 bridgehead atoms. The zero-order valence-corrected chi connectivity index (χ0v) is 16.6. The van der Waals surface area contributed by atoms with Gasteiger partial charge in [0, 0.05) is 6.54 Å². The van der Waals surface area contributed by atoms with Crippen LogP contribution in [0.2, 0.25) is 0 Å². The van der Waals surface area contributed by atoms with Crippen molar-refractivity contribution in [3.05, 3.63) is 65.9 Å². The molecule has 1 atom stereocenters. The van der Waals surface area contributed by atoms with E-state index in [1.165, 1.54) is 18.3 Å². The van der Waals surface area contributed by atoms with E-state index in [-0.39, 0.29) is 24.8 Å². The Morgan fingerprint density at radius 3 is 2.69 bits per heavy atom. The Morgan fingerprint density at radius 1 is 1.16 bits per heavy atom. The van der Waals surface area contributed by atoms with Gasteiger partial charge in [-0.25, -0.2) is 15.0 Å². The molecule has 1 fully saturated rings. The predicted octanol–water partition coefficient (Wildman–Crippen LogP) is 3.09. The third kappa shape index (κ3) is 3.40. The maximum Gasteiger partial charge on any atom is 0.416 e. The van der Waals surface area contributed by atoms with Crippen LogP contribution in [-0.4, -0.2) is 49.9 Å². The highest BCUT2D eigenvalue weighted by molar-refractivity contribution is 5.96. The minimum Gasteiger partial charge on any atom is -0.382 e. The molecule has 0 unspecified atom stereocenters. The van der Waals surface area contributed by atoms with Gasteiger partial charge in [0.2, 0.25) is 0 Å². The summed E-state index contributed by atoms with van der Waals surface area (Å²) >= 11 is 0. The number of rotatable bonds is 2. The Labute approximate surface area is 179 Å². The van der Waals surface area contributed by atoms with Crippen LogP contribution in [0.3, 0.4) is 0 Å². The van der Waals surface area contributed by atoms with Crippen molar-refractivity contribution in [3.63, 3.8) is 0 Å². The second kappa shape index (κ2) is 7.45. The number of fused-ring (bicyclic) bond motifs is 3. The van der Waals surface area contributed by atoms with Crippen LogP contribution in [-0.2, 0) is 10.9 Å². The number of nitrogens with zero attached hydrogens (tertiary/aromatic N) is 5. The predicted molar refractivity (Wildman–Crippen MR) is 109 cm³/mol. The van der Waals surface area contributed by atoms with E-state index >= 15 is 0 Å². The highest BCUT2D eigenvalue weighted by Crippen LogP contribution is 2.32. The first kappa shape index (κ1) is 20.2. The fourth-order valence-electron chi connectivity index (χ4n) is 3.86. The van der Waals surface area contributed by atoms with Gasteiger partial charge in [-0.2, -0.15) is 13.2 Å². The molecule has 32 heavy (non-hydrogen) atoms. The number of benzene rings is 1. The van der Waals surface area contributed by atoms with E-state index in [0.29, 0.717) is 34.5 Å². The van der Waals surface area contributed by atoms with Gasteiger partial charge in [-0.3, -0.25) is 9.20 Å². The van der Waals surface area contributed by atoms with Crippen LogP contribution < -0.4 is 5.73 Å². The molecule has 11 heteroatoms. The summed E-state index contributed by atoms with van der Waals surface area (Å²) in [7, 11) is 0. The summed E-state index contributed by atoms with van der Waals surface area (Å²) in [5, 5.41) is 0. The number of hydrogen-bond acceptors (Lipinski definition) is 6. The number of anilines is 1.